The van der Waals surface area contributed by atoms with Crippen molar-refractivity contribution < 1.29 is 33.8 Å². The van der Waals surface area contributed by atoms with Gasteiger partial charge in [-0.1, -0.05) is 36.4 Å². The number of carbonyl (C=O) groups excluding carboxylic acids is 5. The predicted octanol–water partition coefficient (Wildman–Crippen LogP) is 2.64. The van der Waals surface area contributed by atoms with Gasteiger partial charge in [0.15, 0.2) is 5.78 Å². The highest BCUT2D eigenvalue weighted by atomic mass is 16.5. The van der Waals surface area contributed by atoms with Crippen LogP contribution in [0, 0.1) is 0 Å². The van der Waals surface area contributed by atoms with Gasteiger partial charge in [-0.25, -0.2) is 4.79 Å². The van der Waals surface area contributed by atoms with E-state index in [1.807, 2.05) is 30.3 Å². The minimum atomic E-state index is -0.733. The molecule has 0 bridgehead atoms. The zero-order valence-corrected chi connectivity index (χ0v) is 26.7. The Hall–Kier alpha value is -4.88. The van der Waals surface area contributed by atoms with Crippen molar-refractivity contribution in [1.29, 1.82) is 0 Å². The van der Waals surface area contributed by atoms with Gasteiger partial charge in [0, 0.05) is 88.1 Å². The summed E-state index contributed by atoms with van der Waals surface area (Å²) in [6.07, 6.45) is 2.13. The Bertz CT molecular complexity index is 1630. The lowest BCUT2D eigenvalue weighted by Gasteiger charge is -2.34. The maximum atomic E-state index is 13.0. The summed E-state index contributed by atoms with van der Waals surface area (Å²) in [6, 6.07) is 14.1. The van der Waals surface area contributed by atoms with Crippen LogP contribution in [0.2, 0.25) is 0 Å². The summed E-state index contributed by atoms with van der Waals surface area (Å²) in [5.41, 5.74) is 2.84. The molecule has 0 radical (unpaired) electrons. The zero-order valence-electron chi connectivity index (χ0n) is 26.7. The number of piperazine rings is 1. The molecule has 3 heterocycles. The molecule has 13 nitrogen and oxygen atoms in total. The van der Waals surface area contributed by atoms with Crippen LogP contribution < -0.4 is 10.6 Å². The molecule has 2 fully saturated rings. The summed E-state index contributed by atoms with van der Waals surface area (Å²) in [6.45, 7) is 5.48. The topological polar surface area (TPSA) is 161 Å². The van der Waals surface area contributed by atoms with E-state index in [2.05, 4.69) is 25.4 Å². The molecule has 6 rings (SSSR count). The van der Waals surface area contributed by atoms with Crippen molar-refractivity contribution in [3.63, 3.8) is 0 Å². The molecule has 2 atom stereocenters. The molecule has 0 aromatic heterocycles. The van der Waals surface area contributed by atoms with Crippen molar-refractivity contribution in [3.05, 3.63) is 76.6 Å². The molecule has 4 amide bonds. The summed E-state index contributed by atoms with van der Waals surface area (Å²) < 4.78 is 5.44. The van der Waals surface area contributed by atoms with Gasteiger partial charge in [0.1, 0.15) is 18.4 Å². The number of benzene rings is 2. The van der Waals surface area contributed by atoms with Crippen molar-refractivity contribution in [2.75, 3.05) is 57.7 Å². The van der Waals surface area contributed by atoms with Gasteiger partial charge in [0.2, 0.25) is 11.8 Å². The summed E-state index contributed by atoms with van der Waals surface area (Å²) >= 11 is 0. The number of aliphatic hydroxyl groups is 1. The number of piperidine rings is 1. The quantitative estimate of drug-likeness (QED) is 0.258. The number of aliphatic hydroxyl groups excluding tert-OH is 1. The van der Waals surface area contributed by atoms with Crippen molar-refractivity contribution >= 4 is 41.5 Å². The van der Waals surface area contributed by atoms with Gasteiger partial charge >= 0.3 is 6.09 Å². The number of hydrogen-bond acceptors (Lipinski definition) is 10. The average molecular weight is 657 g/mol. The number of hydrogen-bond donors (Lipinski definition) is 3. The van der Waals surface area contributed by atoms with E-state index in [1.54, 1.807) is 18.2 Å². The second-order valence-electron chi connectivity index (χ2n) is 12.5. The van der Waals surface area contributed by atoms with E-state index in [9.17, 15) is 29.1 Å². The van der Waals surface area contributed by atoms with Crippen molar-refractivity contribution in [1.82, 2.24) is 20.0 Å². The molecule has 3 aliphatic heterocycles. The smallest absolute Gasteiger partial charge is 0.411 e. The number of amides is 4. The van der Waals surface area contributed by atoms with Gasteiger partial charge in [-0.2, -0.15) is 0 Å². The molecule has 1 aliphatic carbocycles. The highest BCUT2D eigenvalue weighted by Crippen LogP contribution is 2.34. The summed E-state index contributed by atoms with van der Waals surface area (Å²) in [7, 11) is 0. The minimum absolute atomic E-state index is 0.0108. The molecular weight excluding hydrogens is 616 g/mol. The fourth-order valence-electron chi connectivity index (χ4n) is 6.73. The van der Waals surface area contributed by atoms with Crippen LogP contribution in [0.4, 0.5) is 10.5 Å². The zero-order chi connectivity index (χ0) is 33.6. The molecule has 2 aromatic rings. The predicted molar refractivity (Wildman–Crippen MR) is 177 cm³/mol. The van der Waals surface area contributed by atoms with Gasteiger partial charge < -0.3 is 14.7 Å². The number of imide groups is 1. The second kappa shape index (κ2) is 14.9. The molecule has 0 spiro atoms. The highest BCUT2D eigenvalue weighted by Gasteiger charge is 2.40. The number of anilines is 1. The molecule has 3 N–H and O–H groups in total. The Morgan fingerprint density at radius 3 is 2.46 bits per heavy atom. The van der Waals surface area contributed by atoms with E-state index in [-0.39, 0.29) is 55.3 Å². The van der Waals surface area contributed by atoms with Gasteiger partial charge in [0.25, 0.3) is 5.91 Å². The first kappa shape index (κ1) is 33.0. The number of nitrogens with zero attached hydrogens (tertiary/aromatic N) is 4. The van der Waals surface area contributed by atoms with Gasteiger partial charge in [-0.3, -0.25) is 44.6 Å². The van der Waals surface area contributed by atoms with Crippen LogP contribution >= 0.6 is 0 Å². The van der Waals surface area contributed by atoms with Crippen molar-refractivity contribution in [3.8, 4) is 0 Å². The number of ether oxygens (including phenoxy) is 1. The average Bonchev–Trinajstić information content (AvgIpc) is 3.41. The van der Waals surface area contributed by atoms with E-state index < -0.39 is 18.0 Å². The number of carbonyl (C=O) groups is 5. The third-order valence-corrected chi connectivity index (χ3v) is 9.44. The lowest BCUT2D eigenvalue weighted by atomic mass is 9.83. The van der Waals surface area contributed by atoms with Crippen LogP contribution in [0.1, 0.15) is 53.1 Å². The molecule has 252 valence electrons. The van der Waals surface area contributed by atoms with Crippen LogP contribution in [0.25, 0.3) is 0 Å². The molecular formula is C35H40N6O7. The SMILES string of the molecule is O=C1CCC(N2Cc3c(NC(=O)OCCN4CCN(CCN=CC5=C(O)CC(c6ccccc6)CC5=O)CC4)cccc3C2=O)C(=O)N1. The Balaban J connectivity index is 0.892. The maximum absolute atomic E-state index is 13.0. The fourth-order valence-corrected chi connectivity index (χ4v) is 6.73. The number of rotatable bonds is 10. The monoisotopic (exact) mass is 656 g/mol. The third kappa shape index (κ3) is 7.63. The summed E-state index contributed by atoms with van der Waals surface area (Å²) in [5, 5.41) is 15.6. The number of Topliss-reactive ketones (excluding diaryl/α,β-unsaturated/α-hetero) is 1. The number of aliphatic imine (C=N–C) groups is 1. The number of ketones is 1. The fraction of sp³-hybridized carbons (Fsp3) is 0.429. The van der Waals surface area contributed by atoms with Gasteiger partial charge in [0.05, 0.1) is 12.1 Å². The number of fused-ring (bicyclic) bond motifs is 1. The van der Waals surface area contributed by atoms with Crippen LogP contribution in [0.15, 0.2) is 64.9 Å². The molecule has 2 aromatic carbocycles. The molecule has 2 unspecified atom stereocenters. The largest absolute Gasteiger partial charge is 0.511 e. The Kier molecular flexibility index (Phi) is 10.3. The lowest BCUT2D eigenvalue weighted by Crippen LogP contribution is -2.52. The van der Waals surface area contributed by atoms with E-state index in [1.165, 1.54) is 11.1 Å². The maximum Gasteiger partial charge on any atom is 0.411 e. The Labute approximate surface area is 278 Å². The minimum Gasteiger partial charge on any atom is -0.511 e. The first-order chi connectivity index (χ1) is 23.3. The Morgan fingerprint density at radius 2 is 1.73 bits per heavy atom. The van der Waals surface area contributed by atoms with Crippen LogP contribution in [-0.4, -0.2) is 114 Å². The van der Waals surface area contributed by atoms with Crippen LogP contribution in [-0.2, 0) is 25.7 Å². The number of allylic oxidation sites excluding steroid dienone is 2. The number of nitrogens with one attached hydrogen (secondary N) is 2. The molecule has 2 saturated heterocycles. The second-order valence-corrected chi connectivity index (χ2v) is 12.5. The summed E-state index contributed by atoms with van der Waals surface area (Å²) in [5.74, 6) is -1.13. The summed E-state index contributed by atoms with van der Waals surface area (Å²) in [4.78, 5) is 72.6. The molecule has 48 heavy (non-hydrogen) atoms. The first-order valence-electron chi connectivity index (χ1n) is 16.4. The third-order valence-electron chi connectivity index (χ3n) is 9.44. The molecule has 0 saturated carbocycles. The van der Waals surface area contributed by atoms with Crippen LogP contribution in [0.5, 0.6) is 0 Å². The van der Waals surface area contributed by atoms with Gasteiger partial charge in [-0.05, 0) is 30.0 Å². The first-order valence-corrected chi connectivity index (χ1v) is 16.4. The molecule has 4 aliphatic rings. The van der Waals surface area contributed by atoms with E-state index >= 15 is 0 Å². The highest BCUT2D eigenvalue weighted by molar-refractivity contribution is 6.14. The lowest BCUT2D eigenvalue weighted by molar-refractivity contribution is -0.137. The van der Waals surface area contributed by atoms with Crippen molar-refractivity contribution in [2.45, 2.75) is 44.2 Å². The normalized spacial score (nSPS) is 22.3. The molecule has 13 heteroatoms. The Morgan fingerprint density at radius 1 is 0.979 bits per heavy atom. The van der Waals surface area contributed by atoms with Crippen molar-refractivity contribution in [2.24, 2.45) is 4.99 Å². The van der Waals surface area contributed by atoms with Gasteiger partial charge in [-0.15, -0.1) is 0 Å². The van der Waals surface area contributed by atoms with E-state index in [4.69, 9.17) is 4.74 Å². The van der Waals surface area contributed by atoms with E-state index in [0.29, 0.717) is 48.3 Å². The standard InChI is InChI=1S/C35H40N6O7/c42-30-19-24(23-5-2-1-3-6-23)20-31(43)26(30)21-36-11-12-39-13-15-40(16-14-39)17-18-48-35(47)37-28-8-4-7-25-27(28)22-41(34(25)46)29-9-10-32(44)38-33(29)45/h1-8,21,24,29,42H,9-20,22H2,(H,37,47)(H,38,44,45). The van der Waals surface area contributed by atoms with Crippen LogP contribution in [0.3, 0.4) is 0 Å². The van der Waals surface area contributed by atoms with E-state index in [0.717, 1.165) is 38.3 Å².